The maximum Gasteiger partial charge on any atom is 0.124 e. The van der Waals surface area contributed by atoms with Gasteiger partial charge in [0.15, 0.2) is 0 Å². The van der Waals surface area contributed by atoms with Crippen molar-refractivity contribution < 1.29 is 4.39 Å². The van der Waals surface area contributed by atoms with E-state index in [-0.39, 0.29) is 11.4 Å². The summed E-state index contributed by atoms with van der Waals surface area (Å²) < 4.78 is 13.3. The van der Waals surface area contributed by atoms with Gasteiger partial charge in [-0.3, -0.25) is 0 Å². The highest BCUT2D eigenvalue weighted by Gasteiger charge is 2.49. The number of nitriles is 1. The van der Waals surface area contributed by atoms with Crippen LogP contribution in [0.5, 0.6) is 0 Å². The Labute approximate surface area is 113 Å². The third kappa shape index (κ3) is 1.81. The molecule has 2 atom stereocenters. The lowest BCUT2D eigenvalue weighted by Gasteiger charge is -2.37. The Kier molecular flexibility index (Phi) is 2.75. The van der Waals surface area contributed by atoms with E-state index in [1.807, 2.05) is 0 Å². The predicted octanol–water partition coefficient (Wildman–Crippen LogP) is 2.13. The van der Waals surface area contributed by atoms with Crippen LogP contribution >= 0.6 is 0 Å². The van der Waals surface area contributed by atoms with E-state index in [0.717, 1.165) is 25.3 Å². The van der Waals surface area contributed by atoms with Crippen molar-refractivity contribution in [3.8, 4) is 6.07 Å². The SMILES string of the molecule is CC1(C)C2CNCC2CN1c1ccc(F)cc1C#N. The highest BCUT2D eigenvalue weighted by molar-refractivity contribution is 5.62. The summed E-state index contributed by atoms with van der Waals surface area (Å²) in [6.07, 6.45) is 0. The van der Waals surface area contributed by atoms with E-state index in [4.69, 9.17) is 0 Å². The molecule has 4 heteroatoms. The Hall–Kier alpha value is -1.60. The van der Waals surface area contributed by atoms with Gasteiger partial charge in [0, 0.05) is 25.2 Å². The van der Waals surface area contributed by atoms with E-state index in [2.05, 4.69) is 30.1 Å². The fraction of sp³-hybridized carbons (Fsp3) is 0.533. The molecule has 2 aliphatic heterocycles. The first kappa shape index (κ1) is 12.4. The highest BCUT2D eigenvalue weighted by Crippen LogP contribution is 2.44. The smallest absolute Gasteiger partial charge is 0.124 e. The van der Waals surface area contributed by atoms with E-state index >= 15 is 0 Å². The summed E-state index contributed by atoms with van der Waals surface area (Å²) in [5.41, 5.74) is 1.29. The fourth-order valence-corrected chi connectivity index (χ4v) is 3.66. The first-order chi connectivity index (χ1) is 9.04. The van der Waals surface area contributed by atoms with Crippen LogP contribution in [0.15, 0.2) is 18.2 Å². The summed E-state index contributed by atoms with van der Waals surface area (Å²) in [6.45, 7) is 7.43. The molecule has 0 radical (unpaired) electrons. The van der Waals surface area contributed by atoms with Gasteiger partial charge >= 0.3 is 0 Å². The van der Waals surface area contributed by atoms with Crippen molar-refractivity contribution in [2.24, 2.45) is 11.8 Å². The van der Waals surface area contributed by atoms with E-state index in [1.54, 1.807) is 6.07 Å². The Morgan fingerprint density at radius 3 is 2.89 bits per heavy atom. The normalized spacial score (nSPS) is 28.2. The average Bonchev–Trinajstić information content (AvgIpc) is 2.92. The molecule has 3 rings (SSSR count). The second kappa shape index (κ2) is 4.21. The van der Waals surface area contributed by atoms with E-state index in [9.17, 15) is 9.65 Å². The number of rotatable bonds is 1. The number of hydrogen-bond donors (Lipinski definition) is 1. The number of nitrogens with zero attached hydrogens (tertiary/aromatic N) is 2. The van der Waals surface area contributed by atoms with Gasteiger partial charge in [-0.2, -0.15) is 5.26 Å². The minimum absolute atomic E-state index is 0.00238. The maximum absolute atomic E-state index is 13.3. The van der Waals surface area contributed by atoms with Crippen LogP contribution in [0.4, 0.5) is 10.1 Å². The van der Waals surface area contributed by atoms with Crippen LogP contribution in [0.3, 0.4) is 0 Å². The summed E-state index contributed by atoms with van der Waals surface area (Å²) in [5, 5.41) is 12.7. The van der Waals surface area contributed by atoms with Crippen molar-refractivity contribution in [1.29, 1.82) is 5.26 Å². The lowest BCUT2D eigenvalue weighted by atomic mass is 9.84. The van der Waals surface area contributed by atoms with Crippen molar-refractivity contribution in [1.82, 2.24) is 5.32 Å². The quantitative estimate of drug-likeness (QED) is 0.839. The lowest BCUT2D eigenvalue weighted by Crippen LogP contribution is -2.44. The molecule has 3 nitrogen and oxygen atoms in total. The Bertz CT molecular complexity index is 547. The van der Waals surface area contributed by atoms with Gasteiger partial charge in [-0.25, -0.2) is 4.39 Å². The number of benzene rings is 1. The highest BCUT2D eigenvalue weighted by atomic mass is 19.1. The molecule has 0 amide bonds. The molecule has 1 aromatic carbocycles. The van der Waals surface area contributed by atoms with Gasteiger partial charge in [-0.15, -0.1) is 0 Å². The van der Waals surface area contributed by atoms with E-state index < -0.39 is 0 Å². The molecule has 2 heterocycles. The van der Waals surface area contributed by atoms with Crippen LogP contribution in [-0.4, -0.2) is 25.2 Å². The third-order valence-corrected chi connectivity index (χ3v) is 4.73. The van der Waals surface area contributed by atoms with Crippen LogP contribution in [0.2, 0.25) is 0 Å². The molecule has 0 aromatic heterocycles. The van der Waals surface area contributed by atoms with Crippen molar-refractivity contribution in [2.75, 3.05) is 24.5 Å². The van der Waals surface area contributed by atoms with Crippen molar-refractivity contribution >= 4 is 5.69 Å². The van der Waals surface area contributed by atoms with Crippen LogP contribution in [0.1, 0.15) is 19.4 Å². The number of anilines is 1. The standard InChI is InChI=1S/C15H18FN3/c1-15(2)13-8-18-7-11(13)9-19(15)14-4-3-12(16)5-10(14)6-17/h3-5,11,13,18H,7-9H2,1-2H3. The summed E-state index contributed by atoms with van der Waals surface area (Å²) >= 11 is 0. The van der Waals surface area contributed by atoms with Crippen LogP contribution in [0, 0.1) is 29.0 Å². The van der Waals surface area contributed by atoms with E-state index in [1.165, 1.54) is 12.1 Å². The molecule has 2 saturated heterocycles. The first-order valence-electron chi connectivity index (χ1n) is 6.72. The first-order valence-corrected chi connectivity index (χ1v) is 6.72. The van der Waals surface area contributed by atoms with Gasteiger partial charge in [0.2, 0.25) is 0 Å². The van der Waals surface area contributed by atoms with Crippen molar-refractivity contribution in [2.45, 2.75) is 19.4 Å². The number of nitrogens with one attached hydrogen (secondary N) is 1. The zero-order chi connectivity index (χ0) is 13.6. The number of hydrogen-bond acceptors (Lipinski definition) is 3. The summed E-state index contributed by atoms with van der Waals surface area (Å²) in [6, 6.07) is 6.63. The van der Waals surface area contributed by atoms with Crippen LogP contribution < -0.4 is 10.2 Å². The second-order valence-corrected chi connectivity index (χ2v) is 6.06. The van der Waals surface area contributed by atoms with Crippen LogP contribution in [-0.2, 0) is 0 Å². The van der Waals surface area contributed by atoms with Gasteiger partial charge in [0.25, 0.3) is 0 Å². The molecular formula is C15H18FN3. The molecular weight excluding hydrogens is 241 g/mol. The molecule has 2 aliphatic rings. The summed E-state index contributed by atoms with van der Waals surface area (Å²) in [5.74, 6) is 0.856. The molecule has 1 N–H and O–H groups in total. The molecule has 100 valence electrons. The zero-order valence-corrected chi connectivity index (χ0v) is 11.3. The topological polar surface area (TPSA) is 39.1 Å². The predicted molar refractivity (Wildman–Crippen MR) is 72.4 cm³/mol. The molecule has 0 aliphatic carbocycles. The zero-order valence-electron chi connectivity index (χ0n) is 11.3. The minimum Gasteiger partial charge on any atom is -0.365 e. The third-order valence-electron chi connectivity index (χ3n) is 4.73. The van der Waals surface area contributed by atoms with Gasteiger partial charge in [0.05, 0.1) is 11.3 Å². The average molecular weight is 259 g/mol. The van der Waals surface area contributed by atoms with Gasteiger partial charge in [-0.1, -0.05) is 0 Å². The monoisotopic (exact) mass is 259 g/mol. The van der Waals surface area contributed by atoms with Gasteiger partial charge < -0.3 is 10.2 Å². The molecule has 2 fully saturated rings. The number of halogens is 1. The van der Waals surface area contributed by atoms with Gasteiger partial charge in [-0.05, 0) is 43.9 Å². The van der Waals surface area contributed by atoms with Gasteiger partial charge in [0.1, 0.15) is 11.9 Å². The molecule has 0 spiro atoms. The molecule has 2 unspecified atom stereocenters. The summed E-state index contributed by atoms with van der Waals surface area (Å²) in [7, 11) is 0. The number of fused-ring (bicyclic) bond motifs is 1. The fourth-order valence-electron chi connectivity index (χ4n) is 3.66. The van der Waals surface area contributed by atoms with Crippen molar-refractivity contribution in [3.63, 3.8) is 0 Å². The lowest BCUT2D eigenvalue weighted by molar-refractivity contribution is 0.357. The summed E-state index contributed by atoms with van der Waals surface area (Å²) in [4.78, 5) is 2.28. The van der Waals surface area contributed by atoms with E-state index in [0.29, 0.717) is 17.4 Å². The molecule has 0 bridgehead atoms. The Morgan fingerprint density at radius 1 is 1.42 bits per heavy atom. The van der Waals surface area contributed by atoms with Crippen LogP contribution in [0.25, 0.3) is 0 Å². The van der Waals surface area contributed by atoms with Crippen molar-refractivity contribution in [3.05, 3.63) is 29.6 Å². The Morgan fingerprint density at radius 2 is 2.21 bits per heavy atom. The largest absolute Gasteiger partial charge is 0.365 e. The minimum atomic E-state index is -0.348. The molecule has 0 saturated carbocycles. The molecule has 1 aromatic rings. The maximum atomic E-state index is 13.3. The second-order valence-electron chi connectivity index (χ2n) is 6.06. The Balaban J connectivity index is 2.02. The molecule has 19 heavy (non-hydrogen) atoms.